The van der Waals surface area contributed by atoms with Crippen LogP contribution < -0.4 is 10.6 Å². The molecule has 0 spiro atoms. The fraction of sp³-hybridized carbons (Fsp3) is 0.929. The average Bonchev–Trinajstić information content (AvgIpc) is 3.16. The molecule has 2 unspecified atom stereocenters. The maximum absolute atomic E-state index is 11.3. The molecule has 1 heterocycles. The number of nitrogens with one attached hydrogen (secondary N) is 2. The third-order valence-corrected chi connectivity index (χ3v) is 3.57. The normalized spacial score (nSPS) is 23.8. The van der Waals surface area contributed by atoms with E-state index in [1.54, 1.807) is 0 Å². The molecule has 20 heavy (non-hydrogen) atoms. The Labute approximate surface area is 120 Å². The molecule has 0 radical (unpaired) electrons. The molecule has 2 aliphatic rings. The van der Waals surface area contributed by atoms with Crippen LogP contribution in [0.2, 0.25) is 0 Å². The van der Waals surface area contributed by atoms with Gasteiger partial charge in [0.05, 0.1) is 25.4 Å². The number of hydrogen-bond acceptors (Lipinski definition) is 5. The van der Waals surface area contributed by atoms with Crippen molar-refractivity contribution in [2.45, 2.75) is 37.9 Å². The fourth-order valence-corrected chi connectivity index (χ4v) is 2.20. The van der Waals surface area contributed by atoms with Gasteiger partial charge in [-0.05, 0) is 25.7 Å². The highest BCUT2D eigenvalue weighted by molar-refractivity contribution is 5.80. The lowest BCUT2D eigenvalue weighted by Crippen LogP contribution is -2.37. The van der Waals surface area contributed by atoms with Crippen molar-refractivity contribution in [3.05, 3.63) is 0 Å². The van der Waals surface area contributed by atoms with Crippen molar-refractivity contribution in [2.75, 3.05) is 39.5 Å². The smallest absolute Gasteiger partial charge is 0.223 e. The topological polar surface area (TPSA) is 79.8 Å². The zero-order valence-corrected chi connectivity index (χ0v) is 12.0. The van der Waals surface area contributed by atoms with Crippen molar-refractivity contribution in [3.8, 4) is 0 Å². The minimum atomic E-state index is -0.518. The largest absolute Gasteiger partial charge is 0.389 e. The molecule has 1 aliphatic carbocycles. The van der Waals surface area contributed by atoms with Gasteiger partial charge in [0.1, 0.15) is 0 Å². The predicted molar refractivity (Wildman–Crippen MR) is 74.4 cm³/mol. The molecule has 2 rings (SSSR count). The Balaban J connectivity index is 1.37. The Kier molecular flexibility index (Phi) is 6.72. The number of amides is 1. The van der Waals surface area contributed by atoms with E-state index in [1.807, 2.05) is 0 Å². The molecule has 2 atom stereocenters. The van der Waals surface area contributed by atoms with Crippen LogP contribution in [-0.4, -0.2) is 62.7 Å². The van der Waals surface area contributed by atoms with Gasteiger partial charge in [-0.25, -0.2) is 0 Å². The van der Waals surface area contributed by atoms with Gasteiger partial charge < -0.3 is 25.2 Å². The number of ether oxygens (including phenoxy) is 2. The van der Waals surface area contributed by atoms with Gasteiger partial charge in [-0.2, -0.15) is 0 Å². The summed E-state index contributed by atoms with van der Waals surface area (Å²) in [7, 11) is 0. The highest BCUT2D eigenvalue weighted by Crippen LogP contribution is 2.28. The van der Waals surface area contributed by atoms with Gasteiger partial charge in [0.15, 0.2) is 0 Å². The number of aliphatic hydroxyl groups excluding tert-OH is 1. The van der Waals surface area contributed by atoms with E-state index in [9.17, 15) is 9.90 Å². The van der Waals surface area contributed by atoms with Crippen LogP contribution in [0.3, 0.4) is 0 Å². The van der Waals surface area contributed by atoms with Gasteiger partial charge in [-0.15, -0.1) is 0 Å². The first-order chi connectivity index (χ1) is 9.75. The van der Waals surface area contributed by atoms with Crippen molar-refractivity contribution in [3.63, 3.8) is 0 Å². The molecule has 0 aromatic heterocycles. The summed E-state index contributed by atoms with van der Waals surface area (Å²) in [5.74, 6) is 0.416. The minimum absolute atomic E-state index is 0.159. The summed E-state index contributed by atoms with van der Waals surface area (Å²) in [5, 5.41) is 15.7. The van der Waals surface area contributed by atoms with Crippen LogP contribution in [0, 0.1) is 5.92 Å². The second-order valence-corrected chi connectivity index (χ2v) is 5.60. The quantitative estimate of drug-likeness (QED) is 0.479. The Morgan fingerprint density at radius 2 is 2.20 bits per heavy atom. The van der Waals surface area contributed by atoms with Gasteiger partial charge >= 0.3 is 0 Å². The van der Waals surface area contributed by atoms with Crippen LogP contribution in [0.4, 0.5) is 0 Å². The first-order valence-corrected chi connectivity index (χ1v) is 7.61. The predicted octanol–water partition coefficient (Wildman–Crippen LogP) is -0.341. The van der Waals surface area contributed by atoms with Gasteiger partial charge in [0.25, 0.3) is 0 Å². The molecule has 6 nitrogen and oxygen atoms in total. The lowest BCUT2D eigenvalue weighted by Gasteiger charge is -2.14. The van der Waals surface area contributed by atoms with Crippen LogP contribution in [0.15, 0.2) is 0 Å². The van der Waals surface area contributed by atoms with Crippen molar-refractivity contribution >= 4 is 5.91 Å². The summed E-state index contributed by atoms with van der Waals surface area (Å²) in [4.78, 5) is 11.3. The minimum Gasteiger partial charge on any atom is -0.389 e. The molecule has 1 saturated heterocycles. The van der Waals surface area contributed by atoms with E-state index in [2.05, 4.69) is 10.6 Å². The molecule has 1 amide bonds. The summed E-state index contributed by atoms with van der Waals surface area (Å²) in [5.41, 5.74) is 0. The first-order valence-electron chi connectivity index (χ1n) is 7.61. The number of hydrogen-bond donors (Lipinski definition) is 3. The van der Waals surface area contributed by atoms with Crippen molar-refractivity contribution in [2.24, 2.45) is 5.92 Å². The van der Waals surface area contributed by atoms with Gasteiger partial charge in [-0.3, -0.25) is 4.79 Å². The Morgan fingerprint density at radius 3 is 2.90 bits per heavy atom. The Bertz CT molecular complexity index is 291. The summed E-state index contributed by atoms with van der Waals surface area (Å²) in [6.45, 7) is 3.46. The van der Waals surface area contributed by atoms with Crippen molar-refractivity contribution < 1.29 is 19.4 Å². The lowest BCUT2D eigenvalue weighted by atomic mass is 10.2. The molecule has 3 N–H and O–H groups in total. The SMILES string of the molecule is O=C(NCCNCC(O)COCC1CCCO1)C1CC1. The van der Waals surface area contributed by atoms with E-state index in [1.165, 1.54) is 0 Å². The van der Waals surface area contributed by atoms with E-state index >= 15 is 0 Å². The van der Waals surface area contributed by atoms with Gasteiger partial charge in [0, 0.05) is 32.2 Å². The highest BCUT2D eigenvalue weighted by Gasteiger charge is 2.28. The van der Waals surface area contributed by atoms with Crippen molar-refractivity contribution in [1.29, 1.82) is 0 Å². The first kappa shape index (κ1) is 15.7. The van der Waals surface area contributed by atoms with Crippen LogP contribution in [-0.2, 0) is 14.3 Å². The molecule has 0 bridgehead atoms. The molecule has 1 aliphatic heterocycles. The molecule has 116 valence electrons. The molecular weight excluding hydrogens is 260 g/mol. The maximum atomic E-state index is 11.3. The summed E-state index contributed by atoms with van der Waals surface area (Å²) < 4.78 is 10.9. The average molecular weight is 286 g/mol. The number of rotatable bonds is 10. The number of carbonyl (C=O) groups excluding carboxylic acids is 1. The van der Waals surface area contributed by atoms with E-state index in [-0.39, 0.29) is 17.9 Å². The Hall–Kier alpha value is -0.690. The third-order valence-electron chi connectivity index (χ3n) is 3.57. The van der Waals surface area contributed by atoms with Crippen LogP contribution >= 0.6 is 0 Å². The fourth-order valence-electron chi connectivity index (χ4n) is 2.20. The van der Waals surface area contributed by atoms with E-state index < -0.39 is 6.10 Å². The molecule has 1 saturated carbocycles. The van der Waals surface area contributed by atoms with Crippen LogP contribution in [0.25, 0.3) is 0 Å². The van der Waals surface area contributed by atoms with Gasteiger partial charge in [0.2, 0.25) is 5.91 Å². The molecule has 0 aromatic rings. The summed E-state index contributed by atoms with van der Waals surface area (Å²) >= 11 is 0. The monoisotopic (exact) mass is 286 g/mol. The lowest BCUT2D eigenvalue weighted by molar-refractivity contribution is -0.122. The zero-order valence-electron chi connectivity index (χ0n) is 12.0. The molecule has 2 fully saturated rings. The van der Waals surface area contributed by atoms with E-state index in [4.69, 9.17) is 9.47 Å². The number of aliphatic hydroxyl groups is 1. The van der Waals surface area contributed by atoms with Crippen LogP contribution in [0.1, 0.15) is 25.7 Å². The maximum Gasteiger partial charge on any atom is 0.223 e. The van der Waals surface area contributed by atoms with E-state index in [0.717, 1.165) is 32.3 Å². The highest BCUT2D eigenvalue weighted by atomic mass is 16.5. The summed E-state index contributed by atoms with van der Waals surface area (Å²) in [6.07, 6.45) is 3.89. The summed E-state index contributed by atoms with van der Waals surface area (Å²) in [6, 6.07) is 0. The molecule has 6 heteroatoms. The third kappa shape index (κ3) is 6.17. The molecule has 0 aromatic carbocycles. The molecular formula is C14H26N2O4. The van der Waals surface area contributed by atoms with Crippen molar-refractivity contribution in [1.82, 2.24) is 10.6 Å². The van der Waals surface area contributed by atoms with Gasteiger partial charge in [-0.1, -0.05) is 0 Å². The zero-order chi connectivity index (χ0) is 14.2. The second-order valence-electron chi connectivity index (χ2n) is 5.60. The number of carbonyl (C=O) groups is 1. The van der Waals surface area contributed by atoms with E-state index in [0.29, 0.717) is 32.8 Å². The standard InChI is InChI=1S/C14H26N2O4/c17-12(9-19-10-13-2-1-7-20-13)8-15-5-6-16-14(18)11-3-4-11/h11-13,15,17H,1-10H2,(H,16,18). The Morgan fingerprint density at radius 1 is 1.35 bits per heavy atom. The van der Waals surface area contributed by atoms with Crippen LogP contribution in [0.5, 0.6) is 0 Å². The second kappa shape index (κ2) is 8.56.